The minimum Gasteiger partial charge on any atom is -0.493 e. The SMILES string of the molecule is CCOc1cc(C(C)(C(C)O)N2C(=O)c3cscc3C2=O)ccc1OC. The summed E-state index contributed by atoms with van der Waals surface area (Å²) < 4.78 is 10.9. The highest BCUT2D eigenvalue weighted by molar-refractivity contribution is 7.08. The molecule has 1 N–H and O–H groups in total. The van der Waals surface area contributed by atoms with Crippen molar-refractivity contribution in [1.82, 2.24) is 4.90 Å². The number of benzene rings is 1. The van der Waals surface area contributed by atoms with Crippen molar-refractivity contribution in [3.63, 3.8) is 0 Å². The van der Waals surface area contributed by atoms with Crippen LogP contribution in [0, 0.1) is 0 Å². The molecule has 6 nitrogen and oxygen atoms in total. The molecule has 7 heteroatoms. The van der Waals surface area contributed by atoms with Crippen molar-refractivity contribution in [3.8, 4) is 11.5 Å². The molecule has 1 aliphatic heterocycles. The molecule has 2 amide bonds. The minimum atomic E-state index is -1.25. The molecule has 2 atom stereocenters. The van der Waals surface area contributed by atoms with Gasteiger partial charge in [0.1, 0.15) is 0 Å². The number of hydrogen-bond donors (Lipinski definition) is 1. The Morgan fingerprint density at radius 3 is 2.31 bits per heavy atom. The minimum absolute atomic E-state index is 0.380. The molecule has 3 rings (SSSR count). The molecule has 138 valence electrons. The summed E-state index contributed by atoms with van der Waals surface area (Å²) >= 11 is 1.31. The Morgan fingerprint density at radius 2 is 1.81 bits per heavy atom. The summed E-state index contributed by atoms with van der Waals surface area (Å²) in [7, 11) is 1.54. The second kappa shape index (κ2) is 6.74. The van der Waals surface area contributed by atoms with Crippen LogP contribution < -0.4 is 9.47 Å². The molecule has 0 fully saturated rings. The van der Waals surface area contributed by atoms with Gasteiger partial charge in [0.25, 0.3) is 11.8 Å². The number of amides is 2. The first kappa shape index (κ1) is 18.4. The predicted octanol–water partition coefficient (Wildman–Crippen LogP) is 3.05. The first-order chi connectivity index (χ1) is 12.4. The Balaban J connectivity index is 2.12. The average molecular weight is 375 g/mol. The van der Waals surface area contributed by atoms with Crippen LogP contribution in [-0.2, 0) is 5.54 Å². The van der Waals surface area contributed by atoms with Gasteiger partial charge < -0.3 is 14.6 Å². The van der Waals surface area contributed by atoms with Gasteiger partial charge in [-0.25, -0.2) is 0 Å². The van der Waals surface area contributed by atoms with Crippen molar-refractivity contribution < 1.29 is 24.2 Å². The number of methoxy groups -OCH3 is 1. The summed E-state index contributed by atoms with van der Waals surface area (Å²) in [6, 6.07) is 5.16. The first-order valence-corrected chi connectivity index (χ1v) is 9.25. The molecule has 26 heavy (non-hydrogen) atoms. The molecule has 1 aromatic carbocycles. The number of fused-ring (bicyclic) bond motifs is 1. The zero-order valence-corrected chi connectivity index (χ0v) is 15.9. The lowest BCUT2D eigenvalue weighted by Crippen LogP contribution is -2.53. The van der Waals surface area contributed by atoms with E-state index in [0.717, 1.165) is 4.90 Å². The summed E-state index contributed by atoms with van der Waals surface area (Å²) in [5.41, 5.74) is 0.103. The normalized spacial score (nSPS) is 17.0. The molecule has 2 unspecified atom stereocenters. The zero-order chi connectivity index (χ0) is 19.1. The molecule has 1 aliphatic rings. The number of imide groups is 1. The fourth-order valence-corrected chi connectivity index (χ4v) is 4.00. The number of aliphatic hydroxyl groups excluding tert-OH is 1. The molecule has 1 aromatic heterocycles. The van der Waals surface area contributed by atoms with Crippen LogP contribution in [0.3, 0.4) is 0 Å². The third-order valence-corrected chi connectivity index (χ3v) is 5.60. The highest BCUT2D eigenvalue weighted by atomic mass is 32.1. The van der Waals surface area contributed by atoms with E-state index in [-0.39, 0.29) is 0 Å². The van der Waals surface area contributed by atoms with Gasteiger partial charge in [-0.1, -0.05) is 6.07 Å². The molecule has 2 heterocycles. The summed E-state index contributed by atoms with van der Waals surface area (Å²) in [6.07, 6.45) is -0.994. The van der Waals surface area contributed by atoms with E-state index in [1.54, 1.807) is 42.8 Å². The van der Waals surface area contributed by atoms with Gasteiger partial charge in [-0.15, -0.1) is 0 Å². The van der Waals surface area contributed by atoms with E-state index in [1.807, 2.05) is 6.92 Å². The average Bonchev–Trinajstić information content (AvgIpc) is 3.19. The van der Waals surface area contributed by atoms with Crippen molar-refractivity contribution in [3.05, 3.63) is 45.6 Å². The summed E-state index contributed by atoms with van der Waals surface area (Å²) in [5, 5.41) is 13.9. The number of aliphatic hydroxyl groups is 1. The molecule has 0 radical (unpaired) electrons. The van der Waals surface area contributed by atoms with Gasteiger partial charge in [0, 0.05) is 10.8 Å². The van der Waals surface area contributed by atoms with E-state index in [0.29, 0.717) is 34.8 Å². The van der Waals surface area contributed by atoms with Gasteiger partial charge in [0.05, 0.1) is 36.5 Å². The molecule has 0 spiro atoms. The monoisotopic (exact) mass is 375 g/mol. The molecular weight excluding hydrogens is 354 g/mol. The van der Waals surface area contributed by atoms with Gasteiger partial charge in [-0.2, -0.15) is 11.3 Å². The van der Waals surface area contributed by atoms with Crippen LogP contribution in [0.25, 0.3) is 0 Å². The van der Waals surface area contributed by atoms with Gasteiger partial charge in [-0.3, -0.25) is 14.5 Å². The van der Waals surface area contributed by atoms with E-state index in [1.165, 1.54) is 18.4 Å². The predicted molar refractivity (Wildman–Crippen MR) is 98.0 cm³/mol. The molecule has 0 bridgehead atoms. The van der Waals surface area contributed by atoms with E-state index in [9.17, 15) is 14.7 Å². The second-order valence-corrected chi connectivity index (χ2v) is 7.01. The smallest absolute Gasteiger partial charge is 0.263 e. The number of nitrogens with zero attached hydrogens (tertiary/aromatic N) is 1. The number of ether oxygens (including phenoxy) is 2. The molecule has 0 saturated carbocycles. The maximum absolute atomic E-state index is 12.9. The lowest BCUT2D eigenvalue weighted by atomic mass is 9.84. The van der Waals surface area contributed by atoms with Gasteiger partial charge in [0.2, 0.25) is 0 Å². The van der Waals surface area contributed by atoms with E-state index >= 15 is 0 Å². The number of carbonyl (C=O) groups excluding carboxylic acids is 2. The molecule has 2 aromatic rings. The molecule has 0 aliphatic carbocycles. The van der Waals surface area contributed by atoms with E-state index in [4.69, 9.17) is 9.47 Å². The molecular formula is C19H21NO5S. The third kappa shape index (κ3) is 2.59. The number of hydrogen-bond acceptors (Lipinski definition) is 6. The summed E-state index contributed by atoms with van der Waals surface area (Å²) in [5.74, 6) is 0.237. The topological polar surface area (TPSA) is 76.1 Å². The number of thiophene rings is 1. The van der Waals surface area contributed by atoms with Crippen LogP contribution in [0.1, 0.15) is 47.1 Å². The van der Waals surface area contributed by atoms with Crippen LogP contribution >= 0.6 is 11.3 Å². The van der Waals surface area contributed by atoms with Crippen molar-refractivity contribution in [1.29, 1.82) is 0 Å². The Morgan fingerprint density at radius 1 is 1.19 bits per heavy atom. The first-order valence-electron chi connectivity index (χ1n) is 8.30. The fourth-order valence-electron chi connectivity index (χ4n) is 3.20. The van der Waals surface area contributed by atoms with Crippen LogP contribution in [-0.4, -0.2) is 41.6 Å². The van der Waals surface area contributed by atoms with Crippen LogP contribution in [0.4, 0.5) is 0 Å². The third-order valence-electron chi connectivity index (χ3n) is 4.85. The lowest BCUT2D eigenvalue weighted by molar-refractivity contribution is 0.000380. The highest BCUT2D eigenvalue weighted by Crippen LogP contribution is 2.42. The van der Waals surface area contributed by atoms with Crippen molar-refractivity contribution in [2.24, 2.45) is 0 Å². The Labute approximate surface area is 156 Å². The maximum Gasteiger partial charge on any atom is 0.263 e. The fraction of sp³-hybridized carbons (Fsp3) is 0.368. The Bertz CT molecular complexity index is 829. The van der Waals surface area contributed by atoms with Gasteiger partial charge in [-0.05, 0) is 38.5 Å². The van der Waals surface area contributed by atoms with Gasteiger partial charge >= 0.3 is 0 Å². The summed E-state index contributed by atoms with van der Waals surface area (Å²) in [4.78, 5) is 26.9. The van der Waals surface area contributed by atoms with E-state index < -0.39 is 23.5 Å². The van der Waals surface area contributed by atoms with Crippen LogP contribution in [0.5, 0.6) is 11.5 Å². The van der Waals surface area contributed by atoms with Crippen LogP contribution in [0.15, 0.2) is 29.0 Å². The zero-order valence-electron chi connectivity index (χ0n) is 15.1. The van der Waals surface area contributed by atoms with E-state index in [2.05, 4.69) is 0 Å². The van der Waals surface area contributed by atoms with Crippen molar-refractivity contribution in [2.75, 3.05) is 13.7 Å². The lowest BCUT2D eigenvalue weighted by Gasteiger charge is -2.40. The van der Waals surface area contributed by atoms with Gasteiger partial charge in [0.15, 0.2) is 11.5 Å². The molecule has 0 saturated heterocycles. The Kier molecular flexibility index (Phi) is 4.77. The Hall–Kier alpha value is -2.38. The summed E-state index contributed by atoms with van der Waals surface area (Å²) in [6.45, 7) is 5.53. The van der Waals surface area contributed by atoms with Crippen molar-refractivity contribution in [2.45, 2.75) is 32.4 Å². The number of rotatable bonds is 6. The van der Waals surface area contributed by atoms with Crippen molar-refractivity contribution >= 4 is 23.2 Å². The van der Waals surface area contributed by atoms with Crippen LogP contribution in [0.2, 0.25) is 0 Å². The second-order valence-electron chi connectivity index (χ2n) is 6.27. The quantitative estimate of drug-likeness (QED) is 0.786. The maximum atomic E-state index is 12.9. The highest BCUT2D eigenvalue weighted by Gasteiger charge is 2.50. The largest absolute Gasteiger partial charge is 0.493 e. The standard InChI is InChI=1S/C19H21NO5S/c1-5-25-16-8-12(6-7-15(16)24-4)19(3,11(2)21)20-17(22)13-9-26-10-14(13)18(20)23/h6-11,21H,5H2,1-4H3. The number of carbonyl (C=O) groups is 2.